The van der Waals surface area contributed by atoms with Crippen LogP contribution in [0.1, 0.15) is 25.7 Å². The normalized spacial score (nSPS) is 15.6. The molecule has 2 atom stereocenters. The molecule has 0 aliphatic rings. The van der Waals surface area contributed by atoms with Crippen LogP contribution in [0.25, 0.3) is 0 Å². The van der Waals surface area contributed by atoms with Crippen LogP contribution in [-0.2, 0) is 14.3 Å². The predicted molar refractivity (Wildman–Crippen MR) is 72.6 cm³/mol. The van der Waals surface area contributed by atoms with Crippen LogP contribution in [-0.4, -0.2) is 52.5 Å². The van der Waals surface area contributed by atoms with Crippen LogP contribution in [0.3, 0.4) is 0 Å². The standard InChI is InChI=1S/C11H22N2O5S/c1-19-7-5-11(17,10(15)16)18-9(14)8(13)4-2-3-6-12/h8,17H,2-7,12-13H2,1H3,(H,15,16). The molecule has 0 rings (SSSR count). The fraction of sp³-hybridized carbons (Fsp3) is 0.818. The maximum absolute atomic E-state index is 11.6. The molecule has 0 fully saturated rings. The lowest BCUT2D eigenvalue weighted by molar-refractivity contribution is -0.224. The molecular weight excluding hydrogens is 272 g/mol. The van der Waals surface area contributed by atoms with E-state index in [9.17, 15) is 14.7 Å². The number of aliphatic carboxylic acids is 1. The van der Waals surface area contributed by atoms with Gasteiger partial charge in [-0.25, -0.2) is 4.79 Å². The number of rotatable bonds is 10. The molecule has 7 nitrogen and oxygen atoms in total. The molecular formula is C11H22N2O5S. The minimum absolute atomic E-state index is 0.190. The van der Waals surface area contributed by atoms with Crippen molar-refractivity contribution >= 4 is 23.7 Å². The van der Waals surface area contributed by atoms with Crippen LogP contribution in [0.2, 0.25) is 0 Å². The summed E-state index contributed by atoms with van der Waals surface area (Å²) in [7, 11) is 0. The highest BCUT2D eigenvalue weighted by Gasteiger charge is 2.41. The largest absolute Gasteiger partial charge is 0.476 e. The highest BCUT2D eigenvalue weighted by atomic mass is 32.2. The third-order valence-corrected chi connectivity index (χ3v) is 3.13. The molecule has 0 bridgehead atoms. The molecule has 0 aromatic heterocycles. The molecule has 8 heteroatoms. The first-order valence-corrected chi connectivity index (χ1v) is 7.40. The van der Waals surface area contributed by atoms with E-state index in [4.69, 9.17) is 16.6 Å². The monoisotopic (exact) mass is 294 g/mol. The number of carboxylic acid groups (broad SMARTS) is 1. The van der Waals surface area contributed by atoms with Gasteiger partial charge in [0.05, 0.1) is 0 Å². The molecule has 6 N–H and O–H groups in total. The molecule has 0 aromatic rings. The summed E-state index contributed by atoms with van der Waals surface area (Å²) >= 11 is 1.34. The summed E-state index contributed by atoms with van der Waals surface area (Å²) < 4.78 is 4.64. The van der Waals surface area contributed by atoms with Gasteiger partial charge in [-0.2, -0.15) is 11.8 Å². The van der Waals surface area contributed by atoms with Crippen molar-refractivity contribution in [3.05, 3.63) is 0 Å². The first kappa shape index (κ1) is 18.2. The van der Waals surface area contributed by atoms with E-state index in [1.807, 2.05) is 0 Å². The second-order valence-corrected chi connectivity index (χ2v) is 5.13. The summed E-state index contributed by atoms with van der Waals surface area (Å²) in [6.45, 7) is 0.495. The summed E-state index contributed by atoms with van der Waals surface area (Å²) in [6, 6.07) is -0.952. The Morgan fingerprint density at radius 1 is 1.42 bits per heavy atom. The van der Waals surface area contributed by atoms with Crippen molar-refractivity contribution in [3.8, 4) is 0 Å². The van der Waals surface area contributed by atoms with Gasteiger partial charge in [-0.1, -0.05) is 6.42 Å². The molecule has 0 aliphatic heterocycles. The van der Waals surface area contributed by atoms with E-state index in [-0.39, 0.29) is 6.42 Å². The molecule has 0 spiro atoms. The average molecular weight is 294 g/mol. The van der Waals surface area contributed by atoms with Crippen molar-refractivity contribution in [1.82, 2.24) is 0 Å². The maximum Gasteiger partial charge on any atom is 0.377 e. The summed E-state index contributed by atoms with van der Waals surface area (Å²) in [5.74, 6) is -4.67. The van der Waals surface area contributed by atoms with Crippen LogP contribution >= 0.6 is 11.8 Å². The number of carboxylic acids is 1. The molecule has 2 unspecified atom stereocenters. The third-order valence-electron chi connectivity index (χ3n) is 2.52. The van der Waals surface area contributed by atoms with Gasteiger partial charge < -0.3 is 26.4 Å². The second kappa shape index (κ2) is 9.13. The van der Waals surface area contributed by atoms with Gasteiger partial charge in [0, 0.05) is 6.42 Å². The lowest BCUT2D eigenvalue weighted by atomic mass is 10.1. The Morgan fingerprint density at radius 2 is 2.05 bits per heavy atom. The van der Waals surface area contributed by atoms with E-state index < -0.39 is 23.8 Å². The van der Waals surface area contributed by atoms with Crippen LogP contribution in [0, 0.1) is 0 Å². The fourth-order valence-corrected chi connectivity index (χ4v) is 1.79. The lowest BCUT2D eigenvalue weighted by Gasteiger charge is -2.24. The maximum atomic E-state index is 11.6. The predicted octanol–water partition coefficient (Wildman–Crippen LogP) is -0.488. The van der Waals surface area contributed by atoms with Gasteiger partial charge in [0.2, 0.25) is 0 Å². The zero-order valence-electron chi connectivity index (χ0n) is 11.0. The highest BCUT2D eigenvalue weighted by Crippen LogP contribution is 2.17. The SMILES string of the molecule is CSCCC(O)(OC(=O)C(N)CCCCN)C(=O)O. The van der Waals surface area contributed by atoms with Crippen molar-refractivity contribution in [1.29, 1.82) is 0 Å². The molecule has 19 heavy (non-hydrogen) atoms. The van der Waals surface area contributed by atoms with Crippen LogP contribution in [0.15, 0.2) is 0 Å². The molecule has 0 amide bonds. The van der Waals surface area contributed by atoms with Gasteiger partial charge in [-0.15, -0.1) is 0 Å². The first-order chi connectivity index (χ1) is 8.87. The quantitative estimate of drug-likeness (QED) is 0.241. The topological polar surface area (TPSA) is 136 Å². The van der Waals surface area contributed by atoms with Gasteiger partial charge in [0.15, 0.2) is 0 Å². The highest BCUT2D eigenvalue weighted by molar-refractivity contribution is 7.98. The number of thioether (sulfide) groups is 1. The number of esters is 1. The Labute approximate surface area is 116 Å². The number of aliphatic hydroxyl groups is 1. The molecule has 0 aromatic carbocycles. The minimum Gasteiger partial charge on any atom is -0.476 e. The average Bonchev–Trinajstić information content (AvgIpc) is 2.36. The smallest absolute Gasteiger partial charge is 0.377 e. The Kier molecular flexibility index (Phi) is 8.73. The van der Waals surface area contributed by atoms with Crippen molar-refractivity contribution in [3.63, 3.8) is 0 Å². The molecule has 0 heterocycles. The Balaban J connectivity index is 4.41. The van der Waals surface area contributed by atoms with Gasteiger partial charge in [-0.3, -0.25) is 4.79 Å². The van der Waals surface area contributed by atoms with E-state index in [0.29, 0.717) is 25.1 Å². The van der Waals surface area contributed by atoms with E-state index in [1.165, 1.54) is 11.8 Å². The van der Waals surface area contributed by atoms with Crippen molar-refractivity contribution in [2.24, 2.45) is 11.5 Å². The van der Waals surface area contributed by atoms with Gasteiger partial charge in [-0.05, 0) is 31.4 Å². The van der Waals surface area contributed by atoms with E-state index in [0.717, 1.165) is 6.42 Å². The Hall–Kier alpha value is -0.830. The Morgan fingerprint density at radius 3 is 2.53 bits per heavy atom. The zero-order valence-corrected chi connectivity index (χ0v) is 11.8. The Bertz CT molecular complexity index is 303. The van der Waals surface area contributed by atoms with Crippen molar-refractivity contribution < 1.29 is 24.5 Å². The number of carbonyl (C=O) groups is 2. The summed E-state index contributed by atoms with van der Waals surface area (Å²) in [4.78, 5) is 22.6. The summed E-state index contributed by atoms with van der Waals surface area (Å²) in [6.07, 6.45) is 3.27. The number of hydrogen-bond acceptors (Lipinski definition) is 7. The number of unbranched alkanes of at least 4 members (excludes halogenated alkanes) is 1. The molecule has 112 valence electrons. The number of carbonyl (C=O) groups excluding carboxylic acids is 1. The van der Waals surface area contributed by atoms with Crippen LogP contribution < -0.4 is 11.5 Å². The molecule has 0 saturated carbocycles. The van der Waals surface area contributed by atoms with Crippen LogP contribution in [0.5, 0.6) is 0 Å². The van der Waals surface area contributed by atoms with E-state index in [1.54, 1.807) is 6.26 Å². The third kappa shape index (κ3) is 6.76. The van der Waals surface area contributed by atoms with E-state index in [2.05, 4.69) is 4.74 Å². The zero-order chi connectivity index (χ0) is 14.9. The lowest BCUT2D eigenvalue weighted by Crippen LogP contribution is -2.47. The van der Waals surface area contributed by atoms with Crippen LogP contribution in [0.4, 0.5) is 0 Å². The fourth-order valence-electron chi connectivity index (χ4n) is 1.31. The number of nitrogens with two attached hydrogens (primary N) is 2. The first-order valence-electron chi connectivity index (χ1n) is 6.00. The van der Waals surface area contributed by atoms with Gasteiger partial charge in [0.1, 0.15) is 6.04 Å². The molecule has 0 saturated heterocycles. The van der Waals surface area contributed by atoms with Crippen molar-refractivity contribution in [2.45, 2.75) is 37.5 Å². The minimum atomic E-state index is -2.51. The number of hydrogen-bond donors (Lipinski definition) is 4. The summed E-state index contributed by atoms with van der Waals surface area (Å²) in [5, 5.41) is 18.7. The second-order valence-electron chi connectivity index (χ2n) is 4.14. The van der Waals surface area contributed by atoms with Crippen molar-refractivity contribution in [2.75, 3.05) is 18.6 Å². The summed E-state index contributed by atoms with van der Waals surface area (Å²) in [5.41, 5.74) is 10.9. The van der Waals surface area contributed by atoms with Gasteiger partial charge in [0.25, 0.3) is 0 Å². The number of ether oxygens (including phenoxy) is 1. The van der Waals surface area contributed by atoms with Gasteiger partial charge >= 0.3 is 17.7 Å². The van der Waals surface area contributed by atoms with E-state index >= 15 is 0 Å². The molecule has 0 radical (unpaired) electrons. The molecule has 0 aliphatic carbocycles.